The third-order valence-electron chi connectivity index (χ3n) is 4.61. The van der Waals surface area contributed by atoms with Crippen molar-refractivity contribution in [1.29, 1.82) is 0 Å². The summed E-state index contributed by atoms with van der Waals surface area (Å²) in [4.78, 5) is 12.8. The monoisotopic (exact) mass is 248 g/mol. The molecule has 0 unspecified atom stereocenters. The number of aromatic nitrogens is 2. The van der Waals surface area contributed by atoms with E-state index in [9.17, 15) is 0 Å². The molecule has 0 spiro atoms. The van der Waals surface area contributed by atoms with Gasteiger partial charge in [0.05, 0.1) is 12.0 Å². The van der Waals surface area contributed by atoms with Crippen molar-refractivity contribution in [2.24, 2.45) is 5.92 Å². The van der Waals surface area contributed by atoms with Crippen molar-refractivity contribution in [2.45, 2.75) is 38.8 Å². The van der Waals surface area contributed by atoms with Crippen molar-refractivity contribution in [3.05, 3.63) is 17.7 Å². The fraction of sp³-hybridized carbons (Fsp3) is 0.786. The summed E-state index contributed by atoms with van der Waals surface area (Å²) in [6, 6.07) is 0.747. The number of aryl methyl sites for hydroxylation is 1. The first kappa shape index (κ1) is 12.2. The molecule has 100 valence electrons. The molecule has 2 fully saturated rings. The molecule has 0 aromatic carbocycles. The summed E-state index contributed by atoms with van der Waals surface area (Å²) in [5, 5.41) is 0. The lowest BCUT2D eigenvalue weighted by molar-refractivity contribution is 0.185. The largest absolute Gasteiger partial charge is 0.348 e. The molecule has 4 nitrogen and oxygen atoms in total. The first-order chi connectivity index (χ1) is 8.72. The number of likely N-dealkylation sites (N-methyl/N-ethyl adjacent to an activating group) is 1. The number of imidazole rings is 1. The normalized spacial score (nSPS) is 30.3. The molecular weight excluding hydrogens is 224 g/mol. The van der Waals surface area contributed by atoms with Crippen LogP contribution in [0.2, 0.25) is 0 Å². The highest BCUT2D eigenvalue weighted by Gasteiger charge is 2.30. The van der Waals surface area contributed by atoms with Crippen LogP contribution in [0.15, 0.2) is 6.33 Å². The SMILES string of the molecule is Cc1[nH]cnc1CN1C[C@H]2CCC[C@@H](C1)N(C)C2. The second kappa shape index (κ2) is 5.02. The summed E-state index contributed by atoms with van der Waals surface area (Å²) in [5.41, 5.74) is 2.44. The molecule has 3 rings (SSSR count). The van der Waals surface area contributed by atoms with E-state index in [-0.39, 0.29) is 0 Å². The van der Waals surface area contributed by atoms with Crippen LogP contribution in [-0.4, -0.2) is 52.5 Å². The van der Waals surface area contributed by atoms with Gasteiger partial charge in [0.15, 0.2) is 0 Å². The van der Waals surface area contributed by atoms with Crippen molar-refractivity contribution in [2.75, 3.05) is 26.7 Å². The summed E-state index contributed by atoms with van der Waals surface area (Å²) in [6.45, 7) is 6.86. The molecule has 0 saturated carbocycles. The molecule has 3 heterocycles. The van der Waals surface area contributed by atoms with Gasteiger partial charge in [0, 0.05) is 37.9 Å². The summed E-state index contributed by atoms with van der Waals surface area (Å²) < 4.78 is 0. The lowest BCUT2D eigenvalue weighted by Gasteiger charge is -2.29. The Morgan fingerprint density at radius 1 is 1.33 bits per heavy atom. The van der Waals surface area contributed by atoms with E-state index in [1.54, 1.807) is 0 Å². The van der Waals surface area contributed by atoms with E-state index in [0.717, 1.165) is 18.5 Å². The van der Waals surface area contributed by atoms with Crippen LogP contribution in [0.25, 0.3) is 0 Å². The van der Waals surface area contributed by atoms with Crippen molar-refractivity contribution >= 4 is 0 Å². The molecule has 0 amide bonds. The van der Waals surface area contributed by atoms with Gasteiger partial charge >= 0.3 is 0 Å². The Morgan fingerprint density at radius 3 is 3.00 bits per heavy atom. The van der Waals surface area contributed by atoms with Gasteiger partial charge in [0.2, 0.25) is 0 Å². The van der Waals surface area contributed by atoms with Crippen LogP contribution in [0.4, 0.5) is 0 Å². The molecule has 1 aromatic rings. The maximum atomic E-state index is 4.44. The van der Waals surface area contributed by atoms with Crippen LogP contribution in [0.3, 0.4) is 0 Å². The maximum Gasteiger partial charge on any atom is 0.0925 e. The van der Waals surface area contributed by atoms with Crippen LogP contribution < -0.4 is 0 Å². The van der Waals surface area contributed by atoms with Gasteiger partial charge in [-0.1, -0.05) is 6.42 Å². The lowest BCUT2D eigenvalue weighted by atomic mass is 9.99. The first-order valence-corrected chi connectivity index (χ1v) is 7.14. The van der Waals surface area contributed by atoms with Gasteiger partial charge in [-0.3, -0.25) is 4.90 Å². The van der Waals surface area contributed by atoms with Gasteiger partial charge in [-0.25, -0.2) is 4.98 Å². The fourth-order valence-electron chi connectivity index (χ4n) is 3.52. The molecule has 1 N–H and O–H groups in total. The Kier molecular flexibility index (Phi) is 3.39. The van der Waals surface area contributed by atoms with Crippen molar-refractivity contribution in [3.63, 3.8) is 0 Å². The predicted molar refractivity (Wildman–Crippen MR) is 72.4 cm³/mol. The van der Waals surface area contributed by atoms with E-state index in [1.165, 1.54) is 50.3 Å². The summed E-state index contributed by atoms with van der Waals surface area (Å²) in [5.74, 6) is 0.849. The highest BCUT2D eigenvalue weighted by molar-refractivity contribution is 5.08. The Bertz CT molecular complexity index is 400. The van der Waals surface area contributed by atoms with Crippen LogP contribution in [-0.2, 0) is 6.54 Å². The average molecular weight is 248 g/mol. The smallest absolute Gasteiger partial charge is 0.0925 e. The minimum absolute atomic E-state index is 0.747. The number of likely N-dealkylation sites (tertiary alicyclic amines) is 1. The minimum atomic E-state index is 0.747. The van der Waals surface area contributed by atoms with Gasteiger partial charge in [-0.05, 0) is 32.7 Å². The maximum absolute atomic E-state index is 4.44. The Hall–Kier alpha value is -0.870. The van der Waals surface area contributed by atoms with Crippen LogP contribution in [0.5, 0.6) is 0 Å². The molecule has 1 aromatic heterocycles. The van der Waals surface area contributed by atoms with E-state index in [0.29, 0.717) is 0 Å². The molecule has 2 saturated heterocycles. The van der Waals surface area contributed by atoms with Crippen molar-refractivity contribution in [1.82, 2.24) is 19.8 Å². The summed E-state index contributed by atoms with van der Waals surface area (Å²) in [7, 11) is 2.30. The number of hydrogen-bond donors (Lipinski definition) is 1. The average Bonchev–Trinajstić information content (AvgIpc) is 2.53. The summed E-state index contributed by atoms with van der Waals surface area (Å²) >= 11 is 0. The van der Waals surface area contributed by atoms with Gasteiger partial charge in [-0.2, -0.15) is 0 Å². The van der Waals surface area contributed by atoms with E-state index < -0.39 is 0 Å². The van der Waals surface area contributed by atoms with Crippen molar-refractivity contribution in [3.8, 4) is 0 Å². The molecule has 0 radical (unpaired) electrons. The Balaban J connectivity index is 1.72. The summed E-state index contributed by atoms with van der Waals surface area (Å²) in [6.07, 6.45) is 5.99. The zero-order valence-electron chi connectivity index (χ0n) is 11.5. The standard InChI is InChI=1S/C14H24N4/c1-11-14(16-10-15-11)9-18-7-12-4-3-5-13(8-18)17(2)6-12/h10,12-13H,3-9H2,1-2H3,(H,15,16)/t12-,13-/m0/s1. The molecular formula is C14H24N4. The number of aromatic amines is 1. The van der Waals surface area contributed by atoms with Crippen molar-refractivity contribution < 1.29 is 0 Å². The number of hydrogen-bond acceptors (Lipinski definition) is 3. The molecule has 2 aliphatic rings. The molecule has 4 heteroatoms. The van der Waals surface area contributed by atoms with E-state index >= 15 is 0 Å². The van der Waals surface area contributed by atoms with Gasteiger partial charge < -0.3 is 9.88 Å². The zero-order valence-corrected chi connectivity index (χ0v) is 11.5. The Morgan fingerprint density at radius 2 is 2.22 bits per heavy atom. The molecule has 18 heavy (non-hydrogen) atoms. The van der Waals surface area contributed by atoms with Gasteiger partial charge in [-0.15, -0.1) is 0 Å². The molecule has 2 bridgehead atoms. The third-order valence-corrected chi connectivity index (χ3v) is 4.61. The lowest BCUT2D eigenvalue weighted by Crippen LogP contribution is -2.38. The van der Waals surface area contributed by atoms with Crippen LogP contribution in [0.1, 0.15) is 30.7 Å². The number of nitrogens with zero attached hydrogens (tertiary/aromatic N) is 3. The van der Waals surface area contributed by atoms with Gasteiger partial charge in [0.1, 0.15) is 0 Å². The van der Waals surface area contributed by atoms with E-state index in [2.05, 4.69) is 33.7 Å². The zero-order chi connectivity index (χ0) is 12.5. The molecule has 2 aliphatic heterocycles. The van der Waals surface area contributed by atoms with E-state index in [4.69, 9.17) is 0 Å². The third kappa shape index (κ3) is 2.45. The van der Waals surface area contributed by atoms with Crippen LogP contribution in [0, 0.1) is 12.8 Å². The van der Waals surface area contributed by atoms with Crippen LogP contribution >= 0.6 is 0 Å². The topological polar surface area (TPSA) is 35.2 Å². The first-order valence-electron chi connectivity index (χ1n) is 7.14. The molecule has 2 atom stereocenters. The molecule has 0 aliphatic carbocycles. The quantitative estimate of drug-likeness (QED) is 0.864. The van der Waals surface area contributed by atoms with E-state index in [1.807, 2.05) is 6.33 Å². The predicted octanol–water partition coefficient (Wildman–Crippen LogP) is 1.63. The Labute approximate surface area is 109 Å². The second-order valence-electron chi connectivity index (χ2n) is 6.06. The van der Waals surface area contributed by atoms with Gasteiger partial charge in [0.25, 0.3) is 0 Å². The number of H-pyrrole nitrogens is 1. The minimum Gasteiger partial charge on any atom is -0.348 e. The highest BCUT2D eigenvalue weighted by Crippen LogP contribution is 2.26. The highest BCUT2D eigenvalue weighted by atomic mass is 15.2. The number of rotatable bonds is 2. The number of fused-ring (bicyclic) bond motifs is 3. The number of nitrogens with one attached hydrogen (secondary N) is 1. The fourth-order valence-corrected chi connectivity index (χ4v) is 3.52. The second-order valence-corrected chi connectivity index (χ2v) is 6.06.